The summed E-state index contributed by atoms with van der Waals surface area (Å²) in [5, 5.41) is 1.19. The summed E-state index contributed by atoms with van der Waals surface area (Å²) in [4.78, 5) is 16.3. The van der Waals surface area contributed by atoms with Gasteiger partial charge < -0.3 is 0 Å². The molecule has 0 spiro atoms. The largest absolute Gasteiger partial charge is 0.283 e. The van der Waals surface area contributed by atoms with E-state index in [9.17, 15) is 4.79 Å². The van der Waals surface area contributed by atoms with E-state index in [0.717, 1.165) is 0 Å². The number of carbonyl (C=O) groups excluding carboxylic acids is 1. The van der Waals surface area contributed by atoms with Crippen molar-refractivity contribution < 1.29 is 14.2 Å². The smallest absolute Gasteiger partial charge is 0.274 e. The number of amides is 1. The summed E-state index contributed by atoms with van der Waals surface area (Å²) in [7, 11) is 4.90. The molecule has 4 heteroatoms. The summed E-state index contributed by atoms with van der Waals surface area (Å²) in [6.45, 7) is 0. The van der Waals surface area contributed by atoms with Gasteiger partial charge in [0.05, 0.1) is 7.11 Å². The molecule has 4 nitrogen and oxygen atoms in total. The minimum atomic E-state index is -0.154. The lowest BCUT2D eigenvalue weighted by Crippen LogP contribution is -2.31. The van der Waals surface area contributed by atoms with Gasteiger partial charge in [-0.2, -0.15) is 0 Å². The zero-order chi connectivity index (χ0) is 9.84. The minimum absolute atomic E-state index is 0.154. The second kappa shape index (κ2) is 4.00. The molecule has 0 saturated heterocycles. The molecule has 1 rings (SSSR count). The van der Waals surface area contributed by atoms with Crippen molar-refractivity contribution in [3.05, 3.63) is 30.1 Å². The highest BCUT2D eigenvalue weighted by atomic mass is 16.7. The molecule has 1 amide bonds. The molecule has 0 unspecified atom stereocenters. The number of aromatic nitrogens is 1. The Kier molecular flexibility index (Phi) is 2.97. The summed E-state index contributed by atoms with van der Waals surface area (Å²) in [5.74, 6) is -0.154. The first-order valence-electron chi connectivity index (χ1n) is 3.92. The van der Waals surface area contributed by atoms with Crippen molar-refractivity contribution in [1.29, 1.82) is 0 Å². The van der Waals surface area contributed by atoms with Crippen LogP contribution >= 0.6 is 0 Å². The fourth-order valence-electron chi connectivity index (χ4n) is 0.979. The lowest BCUT2D eigenvalue weighted by atomic mass is 10.2. The van der Waals surface area contributed by atoms with Gasteiger partial charge in [-0.15, -0.1) is 0 Å². The molecule has 0 saturated carbocycles. The molecule has 0 N–H and O–H groups in total. The van der Waals surface area contributed by atoms with Gasteiger partial charge in [0.1, 0.15) is 12.6 Å². The van der Waals surface area contributed by atoms with Crippen LogP contribution in [0.4, 0.5) is 0 Å². The topological polar surface area (TPSA) is 33.4 Å². The quantitative estimate of drug-likeness (QED) is 0.480. The second-order valence-electron chi connectivity index (χ2n) is 2.74. The summed E-state index contributed by atoms with van der Waals surface area (Å²) >= 11 is 0. The lowest BCUT2D eigenvalue weighted by Gasteiger charge is -2.12. The van der Waals surface area contributed by atoms with Crippen LogP contribution in [0.2, 0.25) is 0 Å². The van der Waals surface area contributed by atoms with E-state index >= 15 is 0 Å². The first-order chi connectivity index (χ1) is 6.15. The van der Waals surface area contributed by atoms with E-state index in [4.69, 9.17) is 4.84 Å². The SMILES string of the molecule is CON(C)C(=O)c1ccc[n+](C)c1. The standard InChI is InChI=1S/C9H13N2O2/c1-10-6-4-5-8(7-10)9(12)11(2)13-3/h4-7H,1-3H3/q+1. The molecule has 0 aliphatic carbocycles. The second-order valence-corrected chi connectivity index (χ2v) is 2.74. The highest BCUT2D eigenvalue weighted by Crippen LogP contribution is 1.99. The number of hydroxylamine groups is 2. The Morgan fingerprint density at radius 2 is 2.31 bits per heavy atom. The van der Waals surface area contributed by atoms with Crippen molar-refractivity contribution in [3.8, 4) is 0 Å². The maximum atomic E-state index is 11.5. The van der Waals surface area contributed by atoms with Crippen LogP contribution < -0.4 is 4.57 Å². The van der Waals surface area contributed by atoms with E-state index in [1.54, 1.807) is 19.3 Å². The van der Waals surface area contributed by atoms with Gasteiger partial charge >= 0.3 is 0 Å². The van der Waals surface area contributed by atoms with Gasteiger partial charge in [0.2, 0.25) is 0 Å². The number of nitrogens with zero attached hydrogens (tertiary/aromatic N) is 2. The van der Waals surface area contributed by atoms with Crippen LogP contribution in [0.3, 0.4) is 0 Å². The maximum absolute atomic E-state index is 11.5. The van der Waals surface area contributed by atoms with Gasteiger partial charge in [-0.25, -0.2) is 9.63 Å². The van der Waals surface area contributed by atoms with Crippen LogP contribution in [0.5, 0.6) is 0 Å². The van der Waals surface area contributed by atoms with Gasteiger partial charge in [-0.1, -0.05) is 0 Å². The van der Waals surface area contributed by atoms with E-state index in [1.807, 2.05) is 23.9 Å². The van der Waals surface area contributed by atoms with Crippen LogP contribution in [0.25, 0.3) is 0 Å². The molecule has 1 aromatic heterocycles. The Bertz CT molecular complexity index is 312. The number of carbonyl (C=O) groups is 1. The molecular weight excluding hydrogens is 168 g/mol. The van der Waals surface area contributed by atoms with Crippen LogP contribution in [0.1, 0.15) is 10.4 Å². The molecule has 1 heterocycles. The van der Waals surface area contributed by atoms with E-state index in [0.29, 0.717) is 5.56 Å². The van der Waals surface area contributed by atoms with Crippen molar-refractivity contribution >= 4 is 5.91 Å². The lowest BCUT2D eigenvalue weighted by molar-refractivity contribution is -0.671. The zero-order valence-corrected chi connectivity index (χ0v) is 8.02. The summed E-state index contributed by atoms with van der Waals surface area (Å²) in [6.07, 6.45) is 3.61. The Labute approximate surface area is 77.3 Å². The van der Waals surface area contributed by atoms with E-state index in [1.165, 1.54) is 12.2 Å². The monoisotopic (exact) mass is 181 g/mol. The third-order valence-electron chi connectivity index (χ3n) is 1.75. The van der Waals surface area contributed by atoms with Crippen molar-refractivity contribution in [1.82, 2.24) is 5.06 Å². The molecule has 13 heavy (non-hydrogen) atoms. The predicted molar refractivity (Wildman–Crippen MR) is 46.7 cm³/mol. The highest BCUT2D eigenvalue weighted by molar-refractivity contribution is 5.92. The van der Waals surface area contributed by atoms with Crippen LogP contribution in [-0.2, 0) is 11.9 Å². The van der Waals surface area contributed by atoms with Crippen molar-refractivity contribution in [2.75, 3.05) is 14.2 Å². The van der Waals surface area contributed by atoms with Crippen molar-refractivity contribution in [2.24, 2.45) is 7.05 Å². The maximum Gasteiger partial charge on any atom is 0.283 e. The number of hydrogen-bond acceptors (Lipinski definition) is 2. The van der Waals surface area contributed by atoms with E-state index < -0.39 is 0 Å². The van der Waals surface area contributed by atoms with Crippen LogP contribution in [-0.4, -0.2) is 25.1 Å². The van der Waals surface area contributed by atoms with Gasteiger partial charge in [0, 0.05) is 13.1 Å². The Morgan fingerprint density at radius 3 is 2.85 bits per heavy atom. The molecule has 0 aliphatic heterocycles. The van der Waals surface area contributed by atoms with Gasteiger partial charge in [0.15, 0.2) is 12.4 Å². The summed E-state index contributed by atoms with van der Waals surface area (Å²) in [6, 6.07) is 3.56. The number of hydrogen-bond donors (Lipinski definition) is 0. The molecule has 0 aromatic carbocycles. The average molecular weight is 181 g/mol. The molecule has 0 bridgehead atoms. The number of pyridine rings is 1. The third kappa shape index (κ3) is 2.26. The molecule has 0 radical (unpaired) electrons. The fraction of sp³-hybridized carbons (Fsp3) is 0.333. The first-order valence-corrected chi connectivity index (χ1v) is 3.92. The molecule has 0 atom stereocenters. The van der Waals surface area contributed by atoms with Crippen molar-refractivity contribution in [3.63, 3.8) is 0 Å². The molecule has 0 aliphatic rings. The van der Waals surface area contributed by atoms with Crippen LogP contribution in [0, 0.1) is 0 Å². The van der Waals surface area contributed by atoms with E-state index in [2.05, 4.69) is 0 Å². The predicted octanol–water partition coefficient (Wildman–Crippen LogP) is 0.144. The number of aryl methyl sites for hydroxylation is 1. The molecular formula is C9H13N2O2+. The van der Waals surface area contributed by atoms with E-state index in [-0.39, 0.29) is 5.91 Å². The number of rotatable bonds is 2. The molecule has 1 aromatic rings. The molecule has 0 fully saturated rings. The fourth-order valence-corrected chi connectivity index (χ4v) is 0.979. The Morgan fingerprint density at radius 1 is 1.62 bits per heavy atom. The highest BCUT2D eigenvalue weighted by Gasteiger charge is 2.13. The minimum Gasteiger partial charge on any atom is -0.274 e. The Balaban J connectivity index is 2.89. The third-order valence-corrected chi connectivity index (χ3v) is 1.75. The first kappa shape index (κ1) is 9.67. The van der Waals surface area contributed by atoms with Crippen molar-refractivity contribution in [2.45, 2.75) is 0 Å². The zero-order valence-electron chi connectivity index (χ0n) is 8.02. The summed E-state index contributed by atoms with van der Waals surface area (Å²) in [5.41, 5.74) is 0.606. The normalized spacial score (nSPS) is 9.77. The van der Waals surface area contributed by atoms with Gasteiger partial charge in [0.25, 0.3) is 5.91 Å². The Hall–Kier alpha value is -1.42. The van der Waals surface area contributed by atoms with Gasteiger partial charge in [-0.05, 0) is 6.07 Å². The average Bonchev–Trinajstić information content (AvgIpc) is 2.15. The van der Waals surface area contributed by atoms with Gasteiger partial charge in [-0.3, -0.25) is 9.63 Å². The molecule has 70 valence electrons. The van der Waals surface area contributed by atoms with Crippen LogP contribution in [0.15, 0.2) is 24.5 Å². The summed E-state index contributed by atoms with van der Waals surface area (Å²) < 4.78 is 1.82.